The Hall–Kier alpha value is -1.38. The number of pyridine rings is 1. The Bertz CT molecular complexity index is 400. The molecule has 132 valence electrons. The summed E-state index contributed by atoms with van der Waals surface area (Å²) in [5.41, 5.74) is 1.49. The van der Waals surface area contributed by atoms with Gasteiger partial charge in [-0.3, -0.25) is 0 Å². The molecule has 0 atom stereocenters. The molecule has 0 radical (unpaired) electrons. The first-order valence-electron chi connectivity index (χ1n) is 9.26. The Balaban J connectivity index is 0.00000108. The number of aromatic nitrogens is 1. The minimum Gasteiger partial charge on any atom is -0.550 e. The van der Waals surface area contributed by atoms with Gasteiger partial charge in [0, 0.05) is 30.9 Å². The summed E-state index contributed by atoms with van der Waals surface area (Å²) in [6.45, 7) is 6.71. The van der Waals surface area contributed by atoms with Gasteiger partial charge < -0.3 is 9.90 Å². The molecule has 0 fully saturated rings. The lowest BCUT2D eigenvalue weighted by molar-refractivity contribution is -0.704. The SMILES string of the molecule is CC(=O)[O-].CCCCCCCCCC[n+]1ccccc1CCC. The van der Waals surface area contributed by atoms with Crippen molar-refractivity contribution in [1.29, 1.82) is 0 Å². The van der Waals surface area contributed by atoms with Gasteiger partial charge >= 0.3 is 0 Å². The van der Waals surface area contributed by atoms with Crippen LogP contribution in [0.5, 0.6) is 0 Å². The summed E-state index contributed by atoms with van der Waals surface area (Å²) in [6, 6.07) is 6.59. The second-order valence-corrected chi connectivity index (χ2v) is 6.10. The molecule has 23 heavy (non-hydrogen) atoms. The minimum atomic E-state index is -1.08. The van der Waals surface area contributed by atoms with Crippen LogP contribution in [0, 0.1) is 0 Å². The fourth-order valence-electron chi connectivity index (χ4n) is 2.63. The molecule has 1 heterocycles. The first-order valence-corrected chi connectivity index (χ1v) is 9.26. The summed E-state index contributed by atoms with van der Waals surface area (Å²) < 4.78 is 2.45. The Morgan fingerprint density at radius 3 is 2.09 bits per heavy atom. The highest BCUT2D eigenvalue weighted by Gasteiger charge is 2.07. The smallest absolute Gasteiger partial charge is 0.181 e. The van der Waals surface area contributed by atoms with E-state index in [9.17, 15) is 0 Å². The van der Waals surface area contributed by atoms with Gasteiger partial charge in [0.15, 0.2) is 11.9 Å². The van der Waals surface area contributed by atoms with Crippen LogP contribution in [-0.2, 0) is 17.8 Å². The number of carboxylic acids is 1. The highest BCUT2D eigenvalue weighted by atomic mass is 16.4. The average Bonchev–Trinajstić information content (AvgIpc) is 2.51. The molecule has 1 aromatic heterocycles. The van der Waals surface area contributed by atoms with E-state index in [0.29, 0.717) is 0 Å². The Morgan fingerprint density at radius 1 is 0.957 bits per heavy atom. The molecule has 3 heteroatoms. The third-order valence-electron chi connectivity index (χ3n) is 3.79. The second-order valence-electron chi connectivity index (χ2n) is 6.10. The predicted molar refractivity (Wildman–Crippen MR) is 93.9 cm³/mol. The van der Waals surface area contributed by atoms with Crippen LogP contribution in [0.3, 0.4) is 0 Å². The maximum Gasteiger partial charge on any atom is 0.181 e. The molecule has 0 aliphatic heterocycles. The minimum absolute atomic E-state index is 0.972. The van der Waals surface area contributed by atoms with Crippen LogP contribution >= 0.6 is 0 Å². The van der Waals surface area contributed by atoms with Crippen LogP contribution in [-0.4, -0.2) is 5.97 Å². The predicted octanol–water partition coefficient (Wildman–Crippen LogP) is 3.82. The molecule has 0 unspecified atom stereocenters. The summed E-state index contributed by atoms with van der Waals surface area (Å²) in [4.78, 5) is 8.89. The average molecular weight is 322 g/mol. The Kier molecular flexibility index (Phi) is 14.6. The van der Waals surface area contributed by atoms with Crippen molar-refractivity contribution in [3.05, 3.63) is 30.1 Å². The van der Waals surface area contributed by atoms with E-state index in [1.807, 2.05) is 0 Å². The molecule has 3 nitrogen and oxygen atoms in total. The van der Waals surface area contributed by atoms with Crippen LogP contribution in [0.1, 0.15) is 84.3 Å². The van der Waals surface area contributed by atoms with Crippen molar-refractivity contribution in [2.24, 2.45) is 0 Å². The monoisotopic (exact) mass is 321 g/mol. The van der Waals surface area contributed by atoms with Crippen molar-refractivity contribution < 1.29 is 14.5 Å². The largest absolute Gasteiger partial charge is 0.550 e. The zero-order valence-corrected chi connectivity index (χ0v) is 15.4. The molecule has 0 saturated carbocycles. The fraction of sp³-hybridized carbons (Fsp3) is 0.700. The zero-order chi connectivity index (χ0) is 17.3. The van der Waals surface area contributed by atoms with Crippen LogP contribution in [0.25, 0.3) is 0 Å². The van der Waals surface area contributed by atoms with Crippen molar-refractivity contribution in [3.63, 3.8) is 0 Å². The van der Waals surface area contributed by atoms with Crippen LogP contribution in [0.15, 0.2) is 24.4 Å². The quantitative estimate of drug-likeness (QED) is 0.459. The van der Waals surface area contributed by atoms with Gasteiger partial charge in [0.1, 0.15) is 6.54 Å². The van der Waals surface area contributed by atoms with Gasteiger partial charge in [0.25, 0.3) is 0 Å². The highest BCUT2D eigenvalue weighted by molar-refractivity contribution is 5.60. The number of hydrogen-bond acceptors (Lipinski definition) is 2. The third-order valence-corrected chi connectivity index (χ3v) is 3.79. The molecule has 0 N–H and O–H groups in total. The van der Waals surface area contributed by atoms with Crippen molar-refractivity contribution in [2.75, 3.05) is 0 Å². The van der Waals surface area contributed by atoms with Gasteiger partial charge in [-0.2, -0.15) is 0 Å². The maximum atomic E-state index is 8.89. The number of carbonyl (C=O) groups excluding carboxylic acids is 1. The lowest BCUT2D eigenvalue weighted by Gasteiger charge is -2.03. The summed E-state index contributed by atoms with van der Waals surface area (Å²) in [7, 11) is 0. The van der Waals surface area contributed by atoms with E-state index in [1.54, 1.807) is 0 Å². The zero-order valence-electron chi connectivity index (χ0n) is 15.4. The van der Waals surface area contributed by atoms with Gasteiger partial charge in [-0.15, -0.1) is 0 Å². The molecule has 0 saturated heterocycles. The van der Waals surface area contributed by atoms with E-state index in [2.05, 4.69) is 42.8 Å². The number of aliphatic carboxylic acids is 1. The van der Waals surface area contributed by atoms with Crippen LogP contribution in [0.2, 0.25) is 0 Å². The van der Waals surface area contributed by atoms with Gasteiger partial charge in [0.2, 0.25) is 0 Å². The molecule has 0 spiro atoms. The van der Waals surface area contributed by atoms with E-state index in [0.717, 1.165) is 6.92 Å². The maximum absolute atomic E-state index is 8.89. The first kappa shape index (κ1) is 21.6. The fourth-order valence-corrected chi connectivity index (χ4v) is 2.63. The van der Waals surface area contributed by atoms with Crippen molar-refractivity contribution >= 4 is 5.97 Å². The number of rotatable bonds is 11. The van der Waals surface area contributed by atoms with Gasteiger partial charge in [-0.25, -0.2) is 4.57 Å². The third kappa shape index (κ3) is 14.0. The number of aryl methyl sites for hydroxylation is 2. The van der Waals surface area contributed by atoms with Crippen LogP contribution < -0.4 is 9.67 Å². The molecule has 0 aliphatic rings. The molecular weight excluding hydrogens is 286 g/mol. The van der Waals surface area contributed by atoms with E-state index in [4.69, 9.17) is 9.90 Å². The molecule has 1 aromatic rings. The van der Waals surface area contributed by atoms with Crippen molar-refractivity contribution in [1.82, 2.24) is 0 Å². The normalized spacial score (nSPS) is 10.0. The second kappa shape index (κ2) is 15.5. The van der Waals surface area contributed by atoms with E-state index < -0.39 is 5.97 Å². The summed E-state index contributed by atoms with van der Waals surface area (Å²) in [5, 5.41) is 8.89. The van der Waals surface area contributed by atoms with Crippen molar-refractivity contribution in [2.45, 2.75) is 91.5 Å². The Morgan fingerprint density at radius 2 is 1.52 bits per heavy atom. The van der Waals surface area contributed by atoms with Crippen LogP contribution in [0.4, 0.5) is 0 Å². The number of hydrogen-bond donors (Lipinski definition) is 0. The Labute approximate surface area is 142 Å². The van der Waals surface area contributed by atoms with Gasteiger partial charge in [-0.1, -0.05) is 58.4 Å². The molecule has 0 bridgehead atoms. The van der Waals surface area contributed by atoms with E-state index >= 15 is 0 Å². The standard InChI is InChI=1S/C18H32N.C2H4O2/c1-3-5-6-7-8-9-10-12-16-19-17-13-11-15-18(19)14-4-2;1-2(3)4/h11,13,15,17H,3-10,12,14,16H2,1-2H3;1H3,(H,3,4)/q+1;/p-1. The number of carbonyl (C=O) groups is 1. The van der Waals surface area contributed by atoms with E-state index in [1.165, 1.54) is 76.4 Å². The molecule has 0 amide bonds. The first-order chi connectivity index (χ1) is 11.1. The van der Waals surface area contributed by atoms with Gasteiger partial charge in [-0.05, 0) is 19.8 Å². The molecule has 0 aromatic carbocycles. The van der Waals surface area contributed by atoms with Crippen molar-refractivity contribution in [3.8, 4) is 0 Å². The molecular formula is C20H35NO2. The number of nitrogens with zero attached hydrogens (tertiary/aromatic N) is 1. The summed E-state index contributed by atoms with van der Waals surface area (Å²) in [5.74, 6) is -1.08. The topological polar surface area (TPSA) is 44.0 Å². The molecule has 1 rings (SSSR count). The van der Waals surface area contributed by atoms with Gasteiger partial charge in [0.05, 0.1) is 0 Å². The lowest BCUT2D eigenvalue weighted by Crippen LogP contribution is -2.37. The lowest BCUT2D eigenvalue weighted by atomic mass is 10.1. The molecule has 0 aliphatic carbocycles. The summed E-state index contributed by atoms with van der Waals surface area (Å²) >= 11 is 0. The number of carboxylic acid groups (broad SMARTS) is 1. The highest BCUT2D eigenvalue weighted by Crippen LogP contribution is 2.08. The summed E-state index contributed by atoms with van der Waals surface area (Å²) in [6.07, 6.45) is 15.9. The van der Waals surface area contributed by atoms with E-state index in [-0.39, 0.29) is 0 Å². The number of unbranched alkanes of at least 4 members (excludes halogenated alkanes) is 7.